The lowest BCUT2D eigenvalue weighted by Crippen LogP contribution is -2.35. The van der Waals surface area contributed by atoms with E-state index in [4.69, 9.17) is 18.3 Å². The topological polar surface area (TPSA) is 126 Å². The van der Waals surface area contributed by atoms with Gasteiger partial charge < -0.3 is 39.2 Å². The zero-order valence-electron chi connectivity index (χ0n) is 22.2. The number of carbonyl (C=O) groups excluding carboxylic acids is 1. The quantitative estimate of drug-likeness (QED) is 0.182. The van der Waals surface area contributed by atoms with Crippen molar-refractivity contribution in [2.45, 2.75) is 52.0 Å². The molecular weight excluding hydrogens is 488 g/mol. The van der Waals surface area contributed by atoms with E-state index in [2.05, 4.69) is 10.6 Å². The molecule has 2 atom stereocenters. The number of para-hydroxylation sites is 2. The number of aliphatic hydroxyl groups is 2. The van der Waals surface area contributed by atoms with Gasteiger partial charge in [0.15, 0.2) is 34.2 Å². The van der Waals surface area contributed by atoms with E-state index >= 15 is 0 Å². The molecule has 2 aromatic heterocycles. The van der Waals surface area contributed by atoms with Gasteiger partial charge >= 0.3 is 0 Å². The molecule has 4 rings (SSSR count). The van der Waals surface area contributed by atoms with Gasteiger partial charge in [-0.2, -0.15) is 0 Å². The fourth-order valence-electron chi connectivity index (χ4n) is 3.88. The van der Waals surface area contributed by atoms with Gasteiger partial charge in [-0.15, -0.1) is 0 Å². The Kier molecular flexibility index (Phi) is 9.06. The van der Waals surface area contributed by atoms with Gasteiger partial charge in [0.25, 0.3) is 5.78 Å². The summed E-state index contributed by atoms with van der Waals surface area (Å²) >= 11 is 0. The van der Waals surface area contributed by atoms with Crippen LogP contribution in [0, 0.1) is 0 Å². The first-order chi connectivity index (χ1) is 18.2. The molecule has 204 valence electrons. The van der Waals surface area contributed by atoms with E-state index in [1.54, 1.807) is 36.4 Å². The summed E-state index contributed by atoms with van der Waals surface area (Å²) in [5.74, 6) is 0.674. The summed E-state index contributed by atoms with van der Waals surface area (Å²) in [6.45, 7) is 8.98. The molecule has 4 N–H and O–H groups in total. The minimum absolute atomic E-state index is 0.0807. The minimum atomic E-state index is -0.691. The third kappa shape index (κ3) is 6.93. The normalized spacial score (nSPS) is 13.5. The van der Waals surface area contributed by atoms with Crippen LogP contribution in [0.5, 0.6) is 11.5 Å². The second-order valence-corrected chi connectivity index (χ2v) is 9.95. The summed E-state index contributed by atoms with van der Waals surface area (Å²) in [5.41, 5.74) is 0.841. The zero-order valence-corrected chi connectivity index (χ0v) is 22.2. The maximum atomic E-state index is 13.3. The Labute approximate surface area is 221 Å². The molecule has 0 aliphatic heterocycles. The molecule has 2 aromatic carbocycles. The van der Waals surface area contributed by atoms with Crippen LogP contribution in [0.3, 0.4) is 0 Å². The van der Waals surface area contributed by atoms with Gasteiger partial charge in [0.05, 0.1) is 0 Å². The van der Waals surface area contributed by atoms with Crippen molar-refractivity contribution in [3.8, 4) is 11.5 Å². The molecule has 9 nitrogen and oxygen atoms in total. The Bertz CT molecular complexity index is 1260. The average molecular weight is 525 g/mol. The molecule has 0 amide bonds. The number of ether oxygens (including phenoxy) is 2. The highest BCUT2D eigenvalue weighted by Gasteiger charge is 2.22. The summed E-state index contributed by atoms with van der Waals surface area (Å²) in [4.78, 5) is 13.3. The molecule has 9 heteroatoms. The van der Waals surface area contributed by atoms with Crippen LogP contribution in [-0.4, -0.2) is 66.6 Å². The lowest BCUT2D eigenvalue weighted by atomic mass is 10.2. The van der Waals surface area contributed by atoms with Crippen molar-refractivity contribution in [2.75, 3.05) is 26.3 Å². The van der Waals surface area contributed by atoms with Gasteiger partial charge in [-0.1, -0.05) is 52.0 Å². The maximum Gasteiger partial charge on any atom is 0.263 e. The smallest absolute Gasteiger partial charge is 0.263 e. The van der Waals surface area contributed by atoms with Crippen LogP contribution >= 0.6 is 0 Å². The van der Waals surface area contributed by atoms with E-state index < -0.39 is 18.0 Å². The third-order valence-corrected chi connectivity index (χ3v) is 5.85. The van der Waals surface area contributed by atoms with E-state index in [1.807, 2.05) is 39.8 Å². The Morgan fingerprint density at radius 2 is 1.18 bits per heavy atom. The molecule has 0 saturated heterocycles. The molecule has 0 fully saturated rings. The first kappa shape index (κ1) is 27.7. The molecule has 4 aromatic rings. The van der Waals surface area contributed by atoms with Crippen LogP contribution < -0.4 is 20.1 Å². The average Bonchev–Trinajstić information content (AvgIpc) is 3.53. The van der Waals surface area contributed by atoms with Crippen molar-refractivity contribution < 1.29 is 33.3 Å². The summed E-state index contributed by atoms with van der Waals surface area (Å²) in [5, 5.41) is 28.1. The Morgan fingerprint density at radius 3 is 1.58 bits per heavy atom. The number of ketones is 1. The molecule has 0 saturated carbocycles. The molecule has 0 aliphatic rings. The van der Waals surface area contributed by atoms with E-state index in [0.717, 1.165) is 0 Å². The second-order valence-electron chi connectivity index (χ2n) is 9.95. The van der Waals surface area contributed by atoms with Crippen molar-refractivity contribution in [3.05, 3.63) is 60.1 Å². The largest absolute Gasteiger partial charge is 0.487 e. The zero-order chi connectivity index (χ0) is 27.2. The van der Waals surface area contributed by atoms with E-state index in [-0.39, 0.29) is 36.8 Å². The lowest BCUT2D eigenvalue weighted by molar-refractivity contribution is 0.0979. The van der Waals surface area contributed by atoms with Crippen molar-refractivity contribution in [3.63, 3.8) is 0 Å². The third-order valence-electron chi connectivity index (χ3n) is 5.85. The van der Waals surface area contributed by atoms with Crippen LogP contribution in [0.25, 0.3) is 21.9 Å². The van der Waals surface area contributed by atoms with E-state index in [9.17, 15) is 15.0 Å². The molecule has 38 heavy (non-hydrogen) atoms. The molecule has 0 aliphatic carbocycles. The van der Waals surface area contributed by atoms with Gasteiger partial charge in [0.2, 0.25) is 0 Å². The van der Waals surface area contributed by atoms with Crippen LogP contribution in [0.4, 0.5) is 0 Å². The summed E-state index contributed by atoms with van der Waals surface area (Å²) in [6.07, 6.45) is -1.38. The predicted molar refractivity (Wildman–Crippen MR) is 145 cm³/mol. The highest BCUT2D eigenvalue weighted by molar-refractivity contribution is 6.09. The fourth-order valence-corrected chi connectivity index (χ4v) is 3.88. The van der Waals surface area contributed by atoms with Crippen LogP contribution in [0.2, 0.25) is 0 Å². The Balaban J connectivity index is 1.48. The summed E-state index contributed by atoms with van der Waals surface area (Å²) < 4.78 is 23.4. The van der Waals surface area contributed by atoms with Gasteiger partial charge in [0.1, 0.15) is 25.4 Å². The van der Waals surface area contributed by atoms with Crippen LogP contribution in [0.1, 0.15) is 44.0 Å². The van der Waals surface area contributed by atoms with Gasteiger partial charge in [-0.3, -0.25) is 4.79 Å². The molecule has 0 spiro atoms. The van der Waals surface area contributed by atoms with E-state index in [0.29, 0.717) is 46.5 Å². The highest BCUT2D eigenvalue weighted by atomic mass is 16.5. The Morgan fingerprint density at radius 1 is 0.763 bits per heavy atom. The monoisotopic (exact) mass is 524 g/mol. The van der Waals surface area contributed by atoms with Gasteiger partial charge in [-0.05, 0) is 24.3 Å². The molecular formula is C29H36N2O7. The standard InChI is InChI=1S/C29H36N2O7/c1-17(2)30-13-21(32)15-35-23-9-5-7-19-11-25(37-28(19)23)27(34)26-12-20-8-6-10-24(29(20)38-26)36-16-22(33)14-31-18(3)4/h5-12,17-18,21-22,30-33H,13-16H2,1-4H3. The molecule has 0 bridgehead atoms. The number of hydrogen-bond donors (Lipinski definition) is 4. The predicted octanol–water partition coefficient (Wildman–Crippen LogP) is 3.89. The van der Waals surface area contributed by atoms with Gasteiger partial charge in [-0.25, -0.2) is 0 Å². The number of furan rings is 2. The van der Waals surface area contributed by atoms with Crippen molar-refractivity contribution in [1.29, 1.82) is 0 Å². The lowest BCUT2D eigenvalue weighted by Gasteiger charge is -2.15. The first-order valence-corrected chi connectivity index (χ1v) is 12.9. The first-order valence-electron chi connectivity index (χ1n) is 12.9. The number of carbonyl (C=O) groups is 1. The van der Waals surface area contributed by atoms with Crippen molar-refractivity contribution >= 4 is 27.7 Å². The number of hydrogen-bond acceptors (Lipinski definition) is 9. The van der Waals surface area contributed by atoms with Crippen LogP contribution in [-0.2, 0) is 0 Å². The van der Waals surface area contributed by atoms with E-state index in [1.165, 1.54) is 0 Å². The molecule has 0 radical (unpaired) electrons. The Hall–Kier alpha value is -3.37. The van der Waals surface area contributed by atoms with Crippen molar-refractivity contribution in [1.82, 2.24) is 10.6 Å². The second kappa shape index (κ2) is 12.4. The molecule has 2 unspecified atom stereocenters. The maximum absolute atomic E-state index is 13.3. The van der Waals surface area contributed by atoms with Gasteiger partial charge in [0, 0.05) is 35.9 Å². The minimum Gasteiger partial charge on any atom is -0.487 e. The van der Waals surface area contributed by atoms with Crippen molar-refractivity contribution in [2.24, 2.45) is 0 Å². The number of aliphatic hydroxyl groups excluding tert-OH is 2. The number of benzene rings is 2. The number of rotatable bonds is 14. The highest BCUT2D eigenvalue weighted by Crippen LogP contribution is 2.33. The van der Waals surface area contributed by atoms with Crippen LogP contribution in [0.15, 0.2) is 57.4 Å². The summed E-state index contributed by atoms with van der Waals surface area (Å²) in [7, 11) is 0. The summed E-state index contributed by atoms with van der Waals surface area (Å²) in [6, 6.07) is 14.5. The SMILES string of the molecule is CC(C)NCC(O)COc1cccc2cc(C(=O)c3cc4cccc(OCC(O)CNC(C)C)c4o3)oc12. The molecule has 2 heterocycles. The number of fused-ring (bicyclic) bond motifs is 2. The number of nitrogens with one attached hydrogen (secondary N) is 2. The fraction of sp³-hybridized carbons (Fsp3) is 0.414.